The van der Waals surface area contributed by atoms with Crippen LogP contribution < -0.4 is 4.74 Å². The van der Waals surface area contributed by atoms with E-state index in [9.17, 15) is 31.4 Å². The van der Waals surface area contributed by atoms with Gasteiger partial charge in [0.15, 0.2) is 5.75 Å². The molecule has 0 aliphatic carbocycles. The van der Waals surface area contributed by atoms with Crippen LogP contribution in [0.2, 0.25) is 0 Å². The second-order valence-corrected chi connectivity index (χ2v) is 4.10. The van der Waals surface area contributed by atoms with Gasteiger partial charge in [-0.05, 0) is 18.2 Å². The van der Waals surface area contributed by atoms with Crippen molar-refractivity contribution in [3.63, 3.8) is 0 Å². The van der Waals surface area contributed by atoms with Gasteiger partial charge in [-0.2, -0.15) is 13.2 Å². The van der Waals surface area contributed by atoms with Crippen molar-refractivity contribution in [1.29, 1.82) is 0 Å². The van der Waals surface area contributed by atoms with Gasteiger partial charge in [-0.1, -0.05) is 12.1 Å². The van der Waals surface area contributed by atoms with E-state index in [1.165, 1.54) is 12.1 Å². The standard InChI is InChI=1S/C13H7F6NO2/c14-12(15,16)8-5-6-20-10(11(8)21)7-3-1-2-4-9(7)22-13(17,18)19/h1-6,21H. The van der Waals surface area contributed by atoms with E-state index in [2.05, 4.69) is 9.72 Å². The highest BCUT2D eigenvalue weighted by atomic mass is 19.4. The van der Waals surface area contributed by atoms with Crippen molar-refractivity contribution in [2.45, 2.75) is 12.5 Å². The molecule has 0 saturated heterocycles. The molecule has 1 aromatic heterocycles. The Bertz CT molecular complexity index is 681. The molecule has 22 heavy (non-hydrogen) atoms. The molecule has 3 nitrogen and oxygen atoms in total. The Morgan fingerprint density at radius 3 is 2.18 bits per heavy atom. The number of aromatic hydroxyl groups is 1. The summed E-state index contributed by atoms with van der Waals surface area (Å²) in [5.41, 5.74) is -2.47. The Hall–Kier alpha value is -2.45. The lowest BCUT2D eigenvalue weighted by Gasteiger charge is -2.15. The molecule has 0 unspecified atom stereocenters. The Labute approximate surface area is 119 Å². The highest BCUT2D eigenvalue weighted by molar-refractivity contribution is 5.73. The van der Waals surface area contributed by atoms with Crippen molar-refractivity contribution in [2.75, 3.05) is 0 Å². The van der Waals surface area contributed by atoms with Crippen LogP contribution in [0.25, 0.3) is 11.3 Å². The second kappa shape index (κ2) is 5.39. The number of pyridine rings is 1. The van der Waals surface area contributed by atoms with Gasteiger partial charge in [0.25, 0.3) is 0 Å². The molecule has 0 aliphatic rings. The van der Waals surface area contributed by atoms with Gasteiger partial charge in [0, 0.05) is 11.8 Å². The fourth-order valence-electron chi connectivity index (χ4n) is 1.76. The second-order valence-electron chi connectivity index (χ2n) is 4.10. The molecule has 1 heterocycles. The number of para-hydroxylation sites is 1. The number of benzene rings is 1. The van der Waals surface area contributed by atoms with E-state index in [0.29, 0.717) is 6.07 Å². The van der Waals surface area contributed by atoms with Crippen LogP contribution in [0, 0.1) is 0 Å². The van der Waals surface area contributed by atoms with Crippen molar-refractivity contribution in [3.8, 4) is 22.8 Å². The van der Waals surface area contributed by atoms with Crippen LogP contribution in [0.4, 0.5) is 26.3 Å². The normalized spacial score (nSPS) is 12.3. The number of alkyl halides is 6. The van der Waals surface area contributed by atoms with Crippen LogP contribution in [0.1, 0.15) is 5.56 Å². The van der Waals surface area contributed by atoms with Crippen LogP contribution in [-0.2, 0) is 6.18 Å². The maximum Gasteiger partial charge on any atom is 0.573 e. The predicted octanol–water partition coefficient (Wildman–Crippen LogP) is 4.37. The van der Waals surface area contributed by atoms with Crippen LogP contribution in [-0.4, -0.2) is 16.5 Å². The van der Waals surface area contributed by atoms with E-state index >= 15 is 0 Å². The zero-order valence-corrected chi connectivity index (χ0v) is 10.5. The van der Waals surface area contributed by atoms with Gasteiger partial charge >= 0.3 is 12.5 Å². The molecule has 9 heteroatoms. The summed E-state index contributed by atoms with van der Waals surface area (Å²) in [6.45, 7) is 0. The number of nitrogens with zero attached hydrogens (tertiary/aromatic N) is 1. The first kappa shape index (κ1) is 15.9. The number of rotatable bonds is 2. The van der Waals surface area contributed by atoms with E-state index in [0.717, 1.165) is 18.3 Å². The van der Waals surface area contributed by atoms with E-state index in [-0.39, 0.29) is 0 Å². The molecule has 2 rings (SSSR count). The molecule has 118 valence electrons. The minimum Gasteiger partial charge on any atom is -0.505 e. The first-order valence-electron chi connectivity index (χ1n) is 5.70. The zero-order valence-electron chi connectivity index (χ0n) is 10.5. The average molecular weight is 323 g/mol. The SMILES string of the molecule is Oc1c(C(F)(F)F)ccnc1-c1ccccc1OC(F)(F)F. The molecule has 0 spiro atoms. The smallest absolute Gasteiger partial charge is 0.505 e. The molecule has 0 aliphatic heterocycles. The van der Waals surface area contributed by atoms with E-state index in [1.807, 2.05) is 0 Å². The summed E-state index contributed by atoms with van der Waals surface area (Å²) in [6.07, 6.45) is -9.17. The molecule has 0 atom stereocenters. The molecule has 2 aromatic rings. The summed E-state index contributed by atoms with van der Waals surface area (Å²) < 4.78 is 78.8. The number of aromatic nitrogens is 1. The van der Waals surface area contributed by atoms with Crippen molar-refractivity contribution >= 4 is 0 Å². The minimum atomic E-state index is -5.03. The van der Waals surface area contributed by atoms with Crippen molar-refractivity contribution < 1.29 is 36.2 Å². The molecule has 0 amide bonds. The molecule has 1 N–H and O–H groups in total. The molecule has 0 fully saturated rings. The highest BCUT2D eigenvalue weighted by Crippen LogP contribution is 2.42. The van der Waals surface area contributed by atoms with Crippen LogP contribution in [0.15, 0.2) is 36.5 Å². The molecule has 0 saturated carbocycles. The molecule has 1 aromatic carbocycles. The van der Waals surface area contributed by atoms with Crippen LogP contribution in [0.5, 0.6) is 11.5 Å². The van der Waals surface area contributed by atoms with Gasteiger partial charge in [-0.15, -0.1) is 13.2 Å². The molecule has 0 radical (unpaired) electrons. The fourth-order valence-corrected chi connectivity index (χ4v) is 1.76. The zero-order chi connectivity index (χ0) is 16.5. The highest BCUT2D eigenvalue weighted by Gasteiger charge is 2.36. The van der Waals surface area contributed by atoms with Crippen molar-refractivity contribution in [2.24, 2.45) is 0 Å². The van der Waals surface area contributed by atoms with Gasteiger partial charge in [0.2, 0.25) is 0 Å². The monoisotopic (exact) mass is 323 g/mol. The third-order valence-corrected chi connectivity index (χ3v) is 2.60. The van der Waals surface area contributed by atoms with E-state index < -0.39 is 40.9 Å². The largest absolute Gasteiger partial charge is 0.573 e. The maximum absolute atomic E-state index is 12.7. The number of hydrogen-bond donors (Lipinski definition) is 1. The van der Waals surface area contributed by atoms with Gasteiger partial charge in [0.1, 0.15) is 17.0 Å². The molecule has 0 bridgehead atoms. The third kappa shape index (κ3) is 3.41. The minimum absolute atomic E-state index is 0.413. The first-order valence-corrected chi connectivity index (χ1v) is 5.70. The van der Waals surface area contributed by atoms with E-state index in [4.69, 9.17) is 0 Å². The first-order chi connectivity index (χ1) is 10.1. The van der Waals surface area contributed by atoms with Crippen LogP contribution >= 0.6 is 0 Å². The lowest BCUT2D eigenvalue weighted by molar-refractivity contribution is -0.274. The number of ether oxygens (including phenoxy) is 1. The number of halogens is 6. The summed E-state index contributed by atoms with van der Waals surface area (Å²) in [5.74, 6) is -2.04. The Kier molecular flexibility index (Phi) is 3.90. The summed E-state index contributed by atoms with van der Waals surface area (Å²) >= 11 is 0. The maximum atomic E-state index is 12.7. The molecular formula is C13H7F6NO2. The molecular weight excluding hydrogens is 316 g/mol. The summed E-state index contributed by atoms with van der Waals surface area (Å²) in [6, 6.07) is 4.97. The lowest BCUT2D eigenvalue weighted by atomic mass is 10.1. The summed E-state index contributed by atoms with van der Waals surface area (Å²) in [7, 11) is 0. The Balaban J connectivity index is 2.59. The number of hydrogen-bond acceptors (Lipinski definition) is 3. The van der Waals surface area contributed by atoms with Crippen molar-refractivity contribution in [1.82, 2.24) is 4.98 Å². The Morgan fingerprint density at radius 1 is 0.955 bits per heavy atom. The van der Waals surface area contributed by atoms with Crippen molar-refractivity contribution in [3.05, 3.63) is 42.1 Å². The van der Waals surface area contributed by atoms with Crippen LogP contribution in [0.3, 0.4) is 0 Å². The lowest BCUT2D eigenvalue weighted by Crippen LogP contribution is -2.17. The predicted molar refractivity (Wildman–Crippen MR) is 63.0 cm³/mol. The third-order valence-electron chi connectivity index (χ3n) is 2.60. The van der Waals surface area contributed by atoms with Gasteiger partial charge in [-0.25, -0.2) is 0 Å². The quantitative estimate of drug-likeness (QED) is 0.835. The summed E-state index contributed by atoms with van der Waals surface area (Å²) in [4.78, 5) is 3.52. The fraction of sp³-hybridized carbons (Fsp3) is 0.154. The average Bonchev–Trinajstić information content (AvgIpc) is 2.37. The summed E-state index contributed by atoms with van der Waals surface area (Å²) in [5, 5.41) is 9.68. The Morgan fingerprint density at radius 2 is 1.59 bits per heavy atom. The van der Waals surface area contributed by atoms with E-state index in [1.54, 1.807) is 0 Å². The van der Waals surface area contributed by atoms with Gasteiger partial charge in [0.05, 0.1) is 0 Å². The van der Waals surface area contributed by atoms with Gasteiger partial charge < -0.3 is 9.84 Å². The van der Waals surface area contributed by atoms with Gasteiger partial charge in [-0.3, -0.25) is 4.98 Å². The topological polar surface area (TPSA) is 42.4 Å².